The minimum Gasteiger partial charge on any atom is -0.345 e. The van der Waals surface area contributed by atoms with Crippen molar-refractivity contribution in [2.24, 2.45) is 0 Å². The van der Waals surface area contributed by atoms with Gasteiger partial charge in [-0.1, -0.05) is 12.1 Å². The summed E-state index contributed by atoms with van der Waals surface area (Å²) in [5.74, 6) is -2.10. The number of pyridine rings is 1. The molecule has 0 saturated heterocycles. The van der Waals surface area contributed by atoms with E-state index in [1.54, 1.807) is 0 Å². The average Bonchev–Trinajstić information content (AvgIpc) is 2.48. The number of rotatable bonds is 3. The number of benzene rings is 1. The third kappa shape index (κ3) is 3.84. The zero-order valence-electron chi connectivity index (χ0n) is 12.2. The Morgan fingerprint density at radius 1 is 1.33 bits per heavy atom. The number of hydrogen-bond acceptors (Lipinski definition) is 2. The molecule has 0 spiro atoms. The van der Waals surface area contributed by atoms with E-state index in [1.165, 1.54) is 13.0 Å². The SMILES string of the molecule is C[C@@H](NC(=O)c1c[nH]c(=O)c(Br)c1)c1cccc(C(F)(F)F)c1F. The summed E-state index contributed by atoms with van der Waals surface area (Å²) in [6.45, 7) is 1.36. The Hall–Kier alpha value is -2.16. The van der Waals surface area contributed by atoms with Crippen molar-refractivity contribution >= 4 is 21.8 Å². The molecule has 1 aromatic heterocycles. The molecule has 128 valence electrons. The zero-order chi connectivity index (χ0) is 18.1. The molecule has 0 aliphatic carbocycles. The van der Waals surface area contributed by atoms with Crippen LogP contribution in [0.5, 0.6) is 0 Å². The van der Waals surface area contributed by atoms with E-state index in [0.717, 1.165) is 18.3 Å². The summed E-state index contributed by atoms with van der Waals surface area (Å²) in [4.78, 5) is 25.6. The summed E-state index contributed by atoms with van der Waals surface area (Å²) in [5, 5.41) is 2.39. The first-order valence-electron chi connectivity index (χ1n) is 6.66. The van der Waals surface area contributed by atoms with Gasteiger partial charge in [-0.2, -0.15) is 13.2 Å². The fourth-order valence-corrected chi connectivity index (χ4v) is 2.41. The van der Waals surface area contributed by atoms with Crippen LogP contribution < -0.4 is 10.9 Å². The van der Waals surface area contributed by atoms with Gasteiger partial charge in [0.2, 0.25) is 0 Å². The Morgan fingerprint density at radius 3 is 2.58 bits per heavy atom. The van der Waals surface area contributed by atoms with Crippen molar-refractivity contribution in [1.82, 2.24) is 10.3 Å². The summed E-state index contributed by atoms with van der Waals surface area (Å²) >= 11 is 2.96. The normalized spacial score (nSPS) is 12.8. The molecule has 2 N–H and O–H groups in total. The number of H-pyrrole nitrogens is 1. The van der Waals surface area contributed by atoms with Gasteiger partial charge < -0.3 is 10.3 Å². The standard InChI is InChI=1S/C15H11BrF4N2O2/c1-7(9-3-2-4-10(12(9)17)15(18,19)20)22-13(23)8-5-11(16)14(24)21-6-8/h2-7H,1H3,(H,21,24)(H,22,23)/t7-/m1/s1. The van der Waals surface area contributed by atoms with Crippen LogP contribution in [0.25, 0.3) is 0 Å². The van der Waals surface area contributed by atoms with Crippen molar-refractivity contribution < 1.29 is 22.4 Å². The minimum atomic E-state index is -4.83. The summed E-state index contributed by atoms with van der Waals surface area (Å²) < 4.78 is 52.4. The van der Waals surface area contributed by atoms with Crippen LogP contribution in [0.2, 0.25) is 0 Å². The predicted octanol–water partition coefficient (Wildman–Crippen LogP) is 3.79. The number of amides is 1. The largest absolute Gasteiger partial charge is 0.419 e. The number of carbonyl (C=O) groups excluding carboxylic acids is 1. The fourth-order valence-electron chi connectivity index (χ4n) is 2.05. The number of hydrogen-bond donors (Lipinski definition) is 2. The monoisotopic (exact) mass is 406 g/mol. The van der Waals surface area contributed by atoms with Crippen LogP contribution in [0.15, 0.2) is 39.7 Å². The fraction of sp³-hybridized carbons (Fsp3) is 0.200. The maximum atomic E-state index is 14.1. The van der Waals surface area contributed by atoms with Crippen molar-refractivity contribution in [2.45, 2.75) is 19.1 Å². The smallest absolute Gasteiger partial charge is 0.345 e. The van der Waals surface area contributed by atoms with E-state index in [-0.39, 0.29) is 15.6 Å². The molecule has 0 aliphatic heterocycles. The van der Waals surface area contributed by atoms with E-state index < -0.39 is 35.1 Å². The van der Waals surface area contributed by atoms with Gasteiger partial charge in [-0.15, -0.1) is 0 Å². The quantitative estimate of drug-likeness (QED) is 0.761. The number of aromatic amines is 1. The van der Waals surface area contributed by atoms with Crippen molar-refractivity contribution in [2.75, 3.05) is 0 Å². The molecule has 4 nitrogen and oxygen atoms in total. The third-order valence-corrected chi connectivity index (χ3v) is 3.86. The number of aromatic nitrogens is 1. The Bertz CT molecular complexity index is 833. The van der Waals surface area contributed by atoms with Crippen LogP contribution in [-0.2, 0) is 6.18 Å². The van der Waals surface area contributed by atoms with E-state index in [0.29, 0.717) is 6.07 Å². The first kappa shape index (κ1) is 18.2. The molecule has 0 fully saturated rings. The van der Waals surface area contributed by atoms with Crippen LogP contribution in [0, 0.1) is 5.82 Å². The maximum Gasteiger partial charge on any atom is 0.419 e. The molecular weight excluding hydrogens is 396 g/mol. The lowest BCUT2D eigenvalue weighted by atomic mass is 10.0. The summed E-state index contributed by atoms with van der Waals surface area (Å²) in [5.41, 5.74) is -2.06. The highest BCUT2D eigenvalue weighted by Crippen LogP contribution is 2.33. The summed E-state index contributed by atoms with van der Waals surface area (Å²) in [6.07, 6.45) is -3.68. The van der Waals surface area contributed by atoms with Crippen LogP contribution in [0.4, 0.5) is 17.6 Å². The van der Waals surface area contributed by atoms with Crippen molar-refractivity contribution in [1.29, 1.82) is 0 Å². The van der Waals surface area contributed by atoms with E-state index in [9.17, 15) is 27.2 Å². The van der Waals surface area contributed by atoms with Gasteiger partial charge in [0.1, 0.15) is 5.82 Å². The molecule has 1 atom stereocenters. The highest BCUT2D eigenvalue weighted by molar-refractivity contribution is 9.10. The topological polar surface area (TPSA) is 62.0 Å². The lowest BCUT2D eigenvalue weighted by Gasteiger charge is -2.17. The van der Waals surface area contributed by atoms with Gasteiger partial charge in [0.05, 0.1) is 21.6 Å². The summed E-state index contributed by atoms with van der Waals surface area (Å²) in [7, 11) is 0. The Labute approximate surface area is 142 Å². The van der Waals surface area contributed by atoms with Crippen molar-refractivity contribution in [3.05, 3.63) is 67.8 Å². The van der Waals surface area contributed by atoms with E-state index in [4.69, 9.17) is 0 Å². The molecule has 2 rings (SSSR count). The Balaban J connectivity index is 2.26. The second-order valence-corrected chi connectivity index (χ2v) is 5.82. The van der Waals surface area contributed by atoms with Gasteiger partial charge in [0, 0.05) is 11.8 Å². The van der Waals surface area contributed by atoms with Crippen molar-refractivity contribution in [3.8, 4) is 0 Å². The predicted molar refractivity (Wildman–Crippen MR) is 82.0 cm³/mol. The third-order valence-electron chi connectivity index (χ3n) is 3.27. The molecule has 2 aromatic rings. The first-order valence-corrected chi connectivity index (χ1v) is 7.45. The molecule has 0 bridgehead atoms. The molecule has 0 radical (unpaired) electrons. The number of nitrogens with one attached hydrogen (secondary N) is 2. The Kier molecular flexibility index (Phi) is 5.12. The molecule has 1 amide bonds. The number of alkyl halides is 3. The maximum absolute atomic E-state index is 14.1. The molecule has 9 heteroatoms. The number of carbonyl (C=O) groups is 1. The molecule has 0 unspecified atom stereocenters. The Morgan fingerprint density at radius 2 is 2.00 bits per heavy atom. The van der Waals surface area contributed by atoms with Crippen LogP contribution in [-0.4, -0.2) is 10.9 Å². The van der Waals surface area contributed by atoms with Gasteiger partial charge in [0.25, 0.3) is 11.5 Å². The highest BCUT2D eigenvalue weighted by atomic mass is 79.9. The second kappa shape index (κ2) is 6.76. The lowest BCUT2D eigenvalue weighted by molar-refractivity contribution is -0.140. The van der Waals surface area contributed by atoms with Gasteiger partial charge >= 0.3 is 6.18 Å². The molecule has 24 heavy (non-hydrogen) atoms. The highest BCUT2D eigenvalue weighted by Gasteiger charge is 2.35. The zero-order valence-corrected chi connectivity index (χ0v) is 13.8. The molecular formula is C15H11BrF4N2O2. The second-order valence-electron chi connectivity index (χ2n) is 4.97. The van der Waals surface area contributed by atoms with Crippen LogP contribution in [0.1, 0.15) is 34.5 Å². The summed E-state index contributed by atoms with van der Waals surface area (Å²) in [6, 6.07) is 3.11. The minimum absolute atomic E-state index is 0.0701. The van der Waals surface area contributed by atoms with Gasteiger partial charge in [-0.3, -0.25) is 9.59 Å². The molecule has 1 aromatic carbocycles. The first-order chi connectivity index (χ1) is 11.1. The van der Waals surface area contributed by atoms with Gasteiger partial charge in [-0.25, -0.2) is 4.39 Å². The molecule has 0 saturated carbocycles. The number of halogens is 5. The van der Waals surface area contributed by atoms with Crippen LogP contribution in [0.3, 0.4) is 0 Å². The van der Waals surface area contributed by atoms with Gasteiger partial charge in [-0.05, 0) is 35.0 Å². The van der Waals surface area contributed by atoms with E-state index in [2.05, 4.69) is 26.2 Å². The average molecular weight is 407 g/mol. The van der Waals surface area contributed by atoms with E-state index in [1.807, 2.05) is 0 Å². The van der Waals surface area contributed by atoms with E-state index >= 15 is 0 Å². The molecule has 1 heterocycles. The lowest BCUT2D eigenvalue weighted by Crippen LogP contribution is -2.28. The van der Waals surface area contributed by atoms with Crippen LogP contribution >= 0.6 is 15.9 Å². The van der Waals surface area contributed by atoms with Gasteiger partial charge in [0.15, 0.2) is 0 Å². The van der Waals surface area contributed by atoms with Crippen molar-refractivity contribution in [3.63, 3.8) is 0 Å². The molecule has 0 aliphatic rings.